The molecule has 1 unspecified atom stereocenters. The van der Waals surface area contributed by atoms with E-state index in [9.17, 15) is 4.79 Å². The van der Waals surface area contributed by atoms with Gasteiger partial charge < -0.3 is 5.73 Å². The number of fused-ring (bicyclic) bond motifs is 1. The van der Waals surface area contributed by atoms with Crippen LogP contribution >= 0.6 is 12.6 Å². The van der Waals surface area contributed by atoms with Crippen molar-refractivity contribution in [2.75, 3.05) is 12.0 Å². The monoisotopic (exact) mass is 393 g/mol. The lowest BCUT2D eigenvalue weighted by molar-refractivity contribution is -0.132. The number of hydrazone groups is 1. The minimum absolute atomic E-state index is 0.000289. The van der Waals surface area contributed by atoms with Gasteiger partial charge >= 0.3 is 0 Å². The molecule has 0 aliphatic carbocycles. The summed E-state index contributed by atoms with van der Waals surface area (Å²) in [7, 11) is 0. The van der Waals surface area contributed by atoms with Crippen LogP contribution in [0.15, 0.2) is 60.0 Å². The van der Waals surface area contributed by atoms with Gasteiger partial charge in [-0.25, -0.2) is 5.01 Å². The molecule has 0 radical (unpaired) electrons. The van der Waals surface area contributed by atoms with Crippen molar-refractivity contribution < 1.29 is 4.79 Å². The molecule has 144 valence electrons. The minimum atomic E-state index is -0.138. The average molecular weight is 394 g/mol. The molecule has 28 heavy (non-hydrogen) atoms. The maximum Gasteiger partial charge on any atom is 0.242 e. The summed E-state index contributed by atoms with van der Waals surface area (Å²) in [6.45, 7) is 1.85. The number of amides is 1. The number of hydrogen-bond acceptors (Lipinski definition) is 6. The van der Waals surface area contributed by atoms with Gasteiger partial charge in [0, 0.05) is 30.9 Å². The second kappa shape index (κ2) is 8.84. The van der Waals surface area contributed by atoms with Crippen LogP contribution in [0.25, 0.3) is 11.0 Å². The van der Waals surface area contributed by atoms with Crippen LogP contribution in [0.2, 0.25) is 0 Å². The average Bonchev–Trinajstić information content (AvgIpc) is 3.20. The van der Waals surface area contributed by atoms with E-state index in [-0.39, 0.29) is 11.9 Å². The number of carbonyl (C=O) groups is 1. The van der Waals surface area contributed by atoms with Crippen molar-refractivity contribution in [3.63, 3.8) is 0 Å². The zero-order valence-electron chi connectivity index (χ0n) is 15.9. The fraction of sp³-hybridized carbons (Fsp3) is 0.238. The first kappa shape index (κ1) is 19.8. The first-order valence-corrected chi connectivity index (χ1v) is 9.96. The van der Waals surface area contributed by atoms with Gasteiger partial charge in [-0.05, 0) is 41.6 Å². The quantitative estimate of drug-likeness (QED) is 0.523. The lowest BCUT2D eigenvalue weighted by Gasteiger charge is -2.21. The van der Waals surface area contributed by atoms with Crippen molar-refractivity contribution in [3.8, 4) is 0 Å². The maximum atomic E-state index is 12.5. The van der Waals surface area contributed by atoms with Gasteiger partial charge in [0.1, 0.15) is 0 Å². The molecule has 0 spiro atoms. The molecule has 7 heteroatoms. The maximum absolute atomic E-state index is 12.5. The Morgan fingerprint density at radius 2 is 1.79 bits per heavy atom. The number of benzene rings is 2. The van der Waals surface area contributed by atoms with Gasteiger partial charge in [-0.1, -0.05) is 25.1 Å². The Morgan fingerprint density at radius 1 is 1.11 bits per heavy atom. The van der Waals surface area contributed by atoms with Crippen LogP contribution in [0.3, 0.4) is 0 Å². The lowest BCUT2D eigenvalue weighted by atomic mass is 9.97. The summed E-state index contributed by atoms with van der Waals surface area (Å²) >= 11 is 3.53. The SMILES string of the molecule is CCC(=O)N1N=C(c2ccc(N)cc2)CC1c1ccc2nccnc2c1.CS. The fourth-order valence-corrected chi connectivity index (χ4v) is 3.20. The van der Waals surface area contributed by atoms with Crippen molar-refractivity contribution in [2.24, 2.45) is 5.10 Å². The molecule has 2 N–H and O–H groups in total. The van der Waals surface area contributed by atoms with Gasteiger partial charge in [-0.2, -0.15) is 17.7 Å². The lowest BCUT2D eigenvalue weighted by Crippen LogP contribution is -2.26. The Bertz CT molecular complexity index is 1000. The Hall–Kier alpha value is -2.93. The highest BCUT2D eigenvalue weighted by Crippen LogP contribution is 2.34. The molecular formula is C21H23N5OS. The third-order valence-corrected chi connectivity index (χ3v) is 4.59. The van der Waals surface area contributed by atoms with Crippen molar-refractivity contribution >= 4 is 41.0 Å². The summed E-state index contributed by atoms with van der Waals surface area (Å²) < 4.78 is 0. The second-order valence-corrected chi connectivity index (χ2v) is 6.28. The molecule has 1 amide bonds. The van der Waals surface area contributed by atoms with Crippen molar-refractivity contribution in [2.45, 2.75) is 25.8 Å². The molecule has 0 fully saturated rings. The highest BCUT2D eigenvalue weighted by molar-refractivity contribution is 7.79. The number of anilines is 1. The van der Waals surface area contributed by atoms with E-state index in [1.165, 1.54) is 0 Å². The van der Waals surface area contributed by atoms with E-state index in [0.29, 0.717) is 18.5 Å². The van der Waals surface area contributed by atoms with E-state index in [1.807, 2.05) is 49.4 Å². The number of nitrogens with zero attached hydrogens (tertiary/aromatic N) is 4. The van der Waals surface area contributed by atoms with Crippen LogP contribution in [0.1, 0.15) is 36.9 Å². The van der Waals surface area contributed by atoms with Gasteiger partial charge in [0.2, 0.25) is 5.91 Å². The molecule has 0 saturated heterocycles. The van der Waals surface area contributed by atoms with Gasteiger partial charge in [0.05, 0.1) is 22.8 Å². The van der Waals surface area contributed by atoms with Crippen LogP contribution in [-0.2, 0) is 4.79 Å². The van der Waals surface area contributed by atoms with Gasteiger partial charge in [-0.3, -0.25) is 14.8 Å². The van der Waals surface area contributed by atoms with Crippen LogP contribution in [0.4, 0.5) is 5.69 Å². The summed E-state index contributed by atoms with van der Waals surface area (Å²) in [5.41, 5.74) is 11.0. The topological polar surface area (TPSA) is 84.5 Å². The van der Waals surface area contributed by atoms with E-state index in [4.69, 9.17) is 5.73 Å². The number of carbonyl (C=O) groups excluding carboxylic acids is 1. The van der Waals surface area contributed by atoms with Crippen molar-refractivity contribution in [1.29, 1.82) is 0 Å². The molecule has 3 aromatic rings. The molecule has 1 aromatic heterocycles. The molecular weight excluding hydrogens is 370 g/mol. The Balaban J connectivity index is 0.00000109. The first-order valence-electron chi connectivity index (χ1n) is 9.06. The van der Waals surface area contributed by atoms with E-state index in [0.717, 1.165) is 27.9 Å². The Labute approximate surface area is 169 Å². The largest absolute Gasteiger partial charge is 0.399 e. The molecule has 2 heterocycles. The number of aromatic nitrogens is 2. The van der Waals surface area contributed by atoms with Crippen LogP contribution in [0, 0.1) is 0 Å². The van der Waals surface area contributed by atoms with Gasteiger partial charge in [0.25, 0.3) is 0 Å². The number of nitrogen functional groups attached to an aromatic ring is 1. The Morgan fingerprint density at radius 3 is 2.46 bits per heavy atom. The highest BCUT2D eigenvalue weighted by Gasteiger charge is 2.32. The normalized spacial score (nSPS) is 15.8. The zero-order valence-corrected chi connectivity index (χ0v) is 16.8. The number of rotatable bonds is 3. The molecule has 1 aliphatic heterocycles. The standard InChI is InChI=1S/C20H19N5O.CH4S/c1-2-20(26)25-19(12-17(24-25)13-3-6-15(21)7-4-13)14-5-8-16-18(11-14)23-10-9-22-16;1-2/h3-11,19H,2,12,21H2,1H3;2H,1H3. The minimum Gasteiger partial charge on any atom is -0.399 e. The predicted molar refractivity (Wildman–Crippen MR) is 116 cm³/mol. The van der Waals surface area contributed by atoms with E-state index < -0.39 is 0 Å². The predicted octanol–water partition coefficient (Wildman–Crippen LogP) is 3.85. The summed E-state index contributed by atoms with van der Waals surface area (Å²) in [5.74, 6) is -0.000289. The molecule has 0 saturated carbocycles. The third kappa shape index (κ3) is 3.99. The first-order chi connectivity index (χ1) is 13.7. The molecule has 1 aliphatic rings. The van der Waals surface area contributed by atoms with E-state index >= 15 is 0 Å². The second-order valence-electron chi connectivity index (χ2n) is 6.28. The number of nitrogens with two attached hydrogens (primary N) is 1. The fourth-order valence-electron chi connectivity index (χ4n) is 3.20. The van der Waals surface area contributed by atoms with E-state index in [1.54, 1.807) is 23.7 Å². The summed E-state index contributed by atoms with van der Waals surface area (Å²) in [4.78, 5) is 21.1. The van der Waals surface area contributed by atoms with Gasteiger partial charge in [0.15, 0.2) is 0 Å². The molecule has 2 aromatic carbocycles. The zero-order chi connectivity index (χ0) is 20.1. The van der Waals surface area contributed by atoms with E-state index in [2.05, 4.69) is 27.7 Å². The van der Waals surface area contributed by atoms with Gasteiger partial charge in [-0.15, -0.1) is 0 Å². The van der Waals surface area contributed by atoms with Crippen LogP contribution < -0.4 is 5.73 Å². The van der Waals surface area contributed by atoms with Crippen LogP contribution in [-0.4, -0.2) is 32.9 Å². The molecule has 0 bridgehead atoms. The summed E-state index contributed by atoms with van der Waals surface area (Å²) in [6, 6.07) is 13.4. The highest BCUT2D eigenvalue weighted by atomic mass is 32.1. The van der Waals surface area contributed by atoms with Crippen LogP contribution in [0.5, 0.6) is 0 Å². The third-order valence-electron chi connectivity index (χ3n) is 4.59. The Kier molecular flexibility index (Phi) is 6.26. The number of hydrogen-bond donors (Lipinski definition) is 2. The molecule has 4 rings (SSSR count). The summed E-state index contributed by atoms with van der Waals surface area (Å²) in [5, 5.41) is 6.22. The summed E-state index contributed by atoms with van der Waals surface area (Å²) in [6.07, 6.45) is 6.10. The molecule has 6 nitrogen and oxygen atoms in total. The number of thiol groups is 1. The molecule has 1 atom stereocenters. The van der Waals surface area contributed by atoms with Crippen molar-refractivity contribution in [3.05, 3.63) is 66.0 Å². The smallest absolute Gasteiger partial charge is 0.242 e. The van der Waals surface area contributed by atoms with Crippen molar-refractivity contribution in [1.82, 2.24) is 15.0 Å².